The highest BCUT2D eigenvalue weighted by atomic mass is 14.7. The highest BCUT2D eigenvalue weighted by molar-refractivity contribution is 5.79. The summed E-state index contributed by atoms with van der Waals surface area (Å²) in [5, 5.41) is 0. The highest BCUT2D eigenvalue weighted by Crippen LogP contribution is 1.93. The van der Waals surface area contributed by atoms with Crippen molar-refractivity contribution in [1.29, 1.82) is 0 Å². The molecule has 0 saturated heterocycles. The first kappa shape index (κ1) is 9.15. The maximum Gasteiger partial charge on any atom is 0.0599 e. The molecule has 0 aromatic heterocycles. The zero-order valence-corrected chi connectivity index (χ0v) is 7.02. The number of allylic oxidation sites excluding steroid dienone is 2. The van der Waals surface area contributed by atoms with Crippen molar-refractivity contribution in [2.45, 2.75) is 20.8 Å². The topological polar surface area (TPSA) is 12.4 Å². The molecule has 0 aliphatic carbocycles. The number of hydrogen-bond donors (Lipinski definition) is 0. The van der Waals surface area contributed by atoms with Crippen LogP contribution in [0.5, 0.6) is 0 Å². The van der Waals surface area contributed by atoms with E-state index in [0.717, 1.165) is 12.3 Å². The molecule has 0 atom stereocenters. The molecule has 0 N–H and O–H groups in total. The Morgan fingerprint density at radius 1 is 1.40 bits per heavy atom. The van der Waals surface area contributed by atoms with Crippen LogP contribution in [0.2, 0.25) is 0 Å². The van der Waals surface area contributed by atoms with E-state index in [9.17, 15) is 0 Å². The first-order valence-electron chi connectivity index (χ1n) is 3.42. The summed E-state index contributed by atoms with van der Waals surface area (Å²) in [5.41, 5.74) is 2.37. The third-order valence-corrected chi connectivity index (χ3v) is 1.05. The van der Waals surface area contributed by atoms with E-state index in [0.29, 0.717) is 0 Å². The molecule has 0 aliphatic rings. The second-order valence-corrected chi connectivity index (χ2v) is 2.51. The van der Waals surface area contributed by atoms with Gasteiger partial charge in [0.2, 0.25) is 0 Å². The maximum absolute atomic E-state index is 4.24. The first-order chi connectivity index (χ1) is 4.66. The predicted octanol–water partition coefficient (Wildman–Crippen LogP) is 2.60. The monoisotopic (exact) mass is 137 g/mol. The zero-order valence-electron chi connectivity index (χ0n) is 7.02. The van der Waals surface area contributed by atoms with Crippen molar-refractivity contribution in [2.24, 2.45) is 4.99 Å². The van der Waals surface area contributed by atoms with Gasteiger partial charge in [0.05, 0.1) is 6.54 Å². The second kappa shape index (κ2) is 4.98. The van der Waals surface area contributed by atoms with E-state index in [1.165, 1.54) is 5.57 Å². The van der Waals surface area contributed by atoms with Crippen LogP contribution in [0.25, 0.3) is 0 Å². The fourth-order valence-corrected chi connectivity index (χ4v) is 0.537. The third-order valence-electron chi connectivity index (χ3n) is 1.05. The van der Waals surface area contributed by atoms with E-state index in [2.05, 4.69) is 11.6 Å². The summed E-state index contributed by atoms with van der Waals surface area (Å²) in [6.45, 7) is 10.5. The molecule has 0 aliphatic heterocycles. The molecule has 0 spiro atoms. The van der Waals surface area contributed by atoms with Crippen molar-refractivity contribution in [2.75, 3.05) is 6.54 Å². The molecule has 0 heterocycles. The minimum absolute atomic E-state index is 0.800. The van der Waals surface area contributed by atoms with Crippen LogP contribution in [0.1, 0.15) is 20.8 Å². The van der Waals surface area contributed by atoms with Crippen LogP contribution in [0, 0.1) is 0 Å². The number of aliphatic imine (C=N–C) groups is 1. The lowest BCUT2D eigenvalue weighted by molar-refractivity contribution is 1.13. The van der Waals surface area contributed by atoms with Gasteiger partial charge >= 0.3 is 0 Å². The molecule has 0 aromatic rings. The fourth-order valence-electron chi connectivity index (χ4n) is 0.537. The second-order valence-electron chi connectivity index (χ2n) is 2.51. The van der Waals surface area contributed by atoms with Crippen molar-refractivity contribution in [1.82, 2.24) is 0 Å². The van der Waals surface area contributed by atoms with E-state index >= 15 is 0 Å². The molecular formula is C9H15N. The smallest absolute Gasteiger partial charge is 0.0599 e. The molecule has 0 fully saturated rings. The van der Waals surface area contributed by atoms with Gasteiger partial charge in [0.25, 0.3) is 0 Å². The van der Waals surface area contributed by atoms with Gasteiger partial charge in [-0.1, -0.05) is 24.3 Å². The third kappa shape index (κ3) is 5.29. The lowest BCUT2D eigenvalue weighted by Gasteiger charge is -1.93. The van der Waals surface area contributed by atoms with Crippen LogP contribution in [-0.2, 0) is 0 Å². The summed E-state index contributed by atoms with van der Waals surface area (Å²) in [4.78, 5) is 4.24. The molecule has 0 amide bonds. The number of hydrogen-bond acceptors (Lipinski definition) is 1. The quantitative estimate of drug-likeness (QED) is 0.419. The molecule has 0 bridgehead atoms. The Hall–Kier alpha value is -0.850. The van der Waals surface area contributed by atoms with Gasteiger partial charge in [0, 0.05) is 5.71 Å². The Labute approximate surface area is 63.2 Å². The van der Waals surface area contributed by atoms with Gasteiger partial charge in [-0.25, -0.2) is 0 Å². The average molecular weight is 137 g/mol. The largest absolute Gasteiger partial charge is 0.290 e. The zero-order chi connectivity index (χ0) is 7.98. The van der Waals surface area contributed by atoms with Crippen LogP contribution in [-0.4, -0.2) is 12.3 Å². The van der Waals surface area contributed by atoms with Gasteiger partial charge in [-0.05, 0) is 20.8 Å². The number of nitrogens with zero attached hydrogens (tertiary/aromatic N) is 1. The highest BCUT2D eigenvalue weighted by Gasteiger charge is 1.83. The normalized spacial score (nSPS) is 10.9. The lowest BCUT2D eigenvalue weighted by Crippen LogP contribution is -1.87. The molecule has 1 nitrogen and oxygen atoms in total. The van der Waals surface area contributed by atoms with E-state index in [1.807, 2.05) is 26.8 Å². The van der Waals surface area contributed by atoms with Crippen molar-refractivity contribution in [3.63, 3.8) is 0 Å². The van der Waals surface area contributed by atoms with Crippen molar-refractivity contribution in [3.05, 3.63) is 24.3 Å². The molecule has 1 heteroatoms. The Morgan fingerprint density at radius 2 is 2.00 bits per heavy atom. The van der Waals surface area contributed by atoms with Crippen LogP contribution in [0.4, 0.5) is 0 Å². The molecule has 0 radical (unpaired) electrons. The van der Waals surface area contributed by atoms with Crippen LogP contribution in [0.3, 0.4) is 0 Å². The Bertz CT molecular complexity index is 160. The van der Waals surface area contributed by atoms with Crippen LogP contribution in [0.15, 0.2) is 29.3 Å². The van der Waals surface area contributed by atoms with Gasteiger partial charge in [0.1, 0.15) is 0 Å². The predicted molar refractivity (Wildman–Crippen MR) is 47.6 cm³/mol. The summed E-state index contributed by atoms with van der Waals surface area (Å²) in [6.07, 6.45) is 3.77. The summed E-state index contributed by atoms with van der Waals surface area (Å²) >= 11 is 0. The van der Waals surface area contributed by atoms with E-state index in [4.69, 9.17) is 0 Å². The lowest BCUT2D eigenvalue weighted by atomic mass is 10.3. The van der Waals surface area contributed by atoms with Crippen LogP contribution >= 0.6 is 0 Å². The Balaban J connectivity index is 3.80. The van der Waals surface area contributed by atoms with Crippen LogP contribution < -0.4 is 0 Å². The Kier molecular flexibility index (Phi) is 4.55. The van der Waals surface area contributed by atoms with Gasteiger partial charge in [-0.2, -0.15) is 0 Å². The molecule has 0 saturated carbocycles. The average Bonchev–Trinajstić information content (AvgIpc) is 1.85. The van der Waals surface area contributed by atoms with E-state index in [-0.39, 0.29) is 0 Å². The summed E-state index contributed by atoms with van der Waals surface area (Å²) in [5.74, 6) is 0. The van der Waals surface area contributed by atoms with Crippen molar-refractivity contribution in [3.8, 4) is 0 Å². The fraction of sp³-hybridized carbons (Fsp3) is 0.444. The minimum atomic E-state index is 0.800. The van der Waals surface area contributed by atoms with Crippen molar-refractivity contribution < 1.29 is 0 Å². The summed E-state index contributed by atoms with van der Waals surface area (Å²) in [6, 6.07) is 0. The Morgan fingerprint density at radius 3 is 2.40 bits per heavy atom. The maximum atomic E-state index is 4.24. The summed E-state index contributed by atoms with van der Waals surface area (Å²) < 4.78 is 0. The van der Waals surface area contributed by atoms with Gasteiger partial charge in [0.15, 0.2) is 0 Å². The molecule has 0 aromatic carbocycles. The van der Waals surface area contributed by atoms with E-state index < -0.39 is 0 Å². The van der Waals surface area contributed by atoms with Gasteiger partial charge < -0.3 is 0 Å². The molecule has 0 unspecified atom stereocenters. The SMILES string of the molecule is C=C/C=C(\C)CN=C(C)C. The summed E-state index contributed by atoms with van der Waals surface area (Å²) in [7, 11) is 0. The molecule has 56 valence electrons. The van der Waals surface area contributed by atoms with Gasteiger partial charge in [-0.15, -0.1) is 0 Å². The van der Waals surface area contributed by atoms with Gasteiger partial charge in [-0.3, -0.25) is 4.99 Å². The van der Waals surface area contributed by atoms with Crippen molar-refractivity contribution >= 4 is 5.71 Å². The molecule has 0 rings (SSSR count). The molecular weight excluding hydrogens is 122 g/mol. The van der Waals surface area contributed by atoms with E-state index in [1.54, 1.807) is 6.08 Å². The minimum Gasteiger partial charge on any atom is -0.290 e. The first-order valence-corrected chi connectivity index (χ1v) is 3.42. The standard InChI is InChI=1S/C9H15N/c1-5-6-9(4)7-10-8(2)3/h5-6H,1,7H2,2-4H3/b9-6+. The molecule has 10 heavy (non-hydrogen) atoms. The number of rotatable bonds is 3.